The highest BCUT2D eigenvalue weighted by atomic mass is 35.5. The molecular formula is C14H18ClN. The summed E-state index contributed by atoms with van der Waals surface area (Å²) in [6, 6.07) is 9.58. The van der Waals surface area contributed by atoms with E-state index in [1.807, 2.05) is 0 Å². The molecule has 0 aliphatic heterocycles. The Morgan fingerprint density at radius 3 is 2.88 bits per heavy atom. The van der Waals surface area contributed by atoms with Crippen molar-refractivity contribution in [3.8, 4) is 0 Å². The Labute approximate surface area is 103 Å². The molecule has 1 aromatic carbocycles. The molecule has 16 heavy (non-hydrogen) atoms. The van der Waals surface area contributed by atoms with Crippen LogP contribution in [0.4, 0.5) is 0 Å². The van der Waals surface area contributed by atoms with E-state index in [0.29, 0.717) is 17.9 Å². The summed E-state index contributed by atoms with van der Waals surface area (Å²) < 4.78 is 0. The number of hydrogen-bond acceptors (Lipinski definition) is 1. The van der Waals surface area contributed by atoms with Gasteiger partial charge in [0, 0.05) is 12.0 Å². The molecule has 0 radical (unpaired) electrons. The molecule has 3 unspecified atom stereocenters. The van der Waals surface area contributed by atoms with Crippen LogP contribution in [0.25, 0.3) is 0 Å². The summed E-state index contributed by atoms with van der Waals surface area (Å²) in [7, 11) is 2.10. The van der Waals surface area contributed by atoms with Gasteiger partial charge in [0.25, 0.3) is 0 Å². The van der Waals surface area contributed by atoms with Gasteiger partial charge in [-0.25, -0.2) is 0 Å². The van der Waals surface area contributed by atoms with E-state index in [9.17, 15) is 0 Å². The fraction of sp³-hybridized carbons (Fsp3) is 0.429. The Morgan fingerprint density at radius 2 is 2.06 bits per heavy atom. The summed E-state index contributed by atoms with van der Waals surface area (Å²) in [5, 5.41) is 3.50. The number of halogens is 1. The number of nitrogens with one attached hydrogen (secondary N) is 1. The van der Waals surface area contributed by atoms with Crippen LogP contribution in [-0.2, 0) is 6.42 Å². The summed E-state index contributed by atoms with van der Waals surface area (Å²) in [5.41, 5.74) is 3.13. The van der Waals surface area contributed by atoms with Crippen LogP contribution in [0, 0.1) is 5.92 Å². The molecule has 0 saturated carbocycles. The van der Waals surface area contributed by atoms with Crippen LogP contribution in [0.1, 0.15) is 23.5 Å². The van der Waals surface area contributed by atoms with E-state index in [4.69, 9.17) is 0 Å². The molecule has 3 atom stereocenters. The van der Waals surface area contributed by atoms with Gasteiger partial charge in [-0.05, 0) is 36.9 Å². The molecule has 0 aromatic heterocycles. The summed E-state index contributed by atoms with van der Waals surface area (Å²) >= 11 is 0. The van der Waals surface area contributed by atoms with E-state index in [2.05, 4.69) is 48.8 Å². The second kappa shape index (κ2) is 4.60. The quantitative estimate of drug-likeness (QED) is 0.739. The standard InChI is InChI=1S/C14H17N.ClH/c1-15-14-11-6-4-8-13(14)12-7-3-2-5-10(12)9-11;/h2-7,11,13-15H,8-9H2,1H3;1H. The second-order valence-corrected chi connectivity index (χ2v) is 4.65. The lowest BCUT2D eigenvalue weighted by atomic mass is 9.69. The zero-order valence-electron chi connectivity index (χ0n) is 9.52. The monoisotopic (exact) mass is 235 g/mol. The molecule has 2 aliphatic carbocycles. The van der Waals surface area contributed by atoms with Gasteiger partial charge in [-0.2, -0.15) is 0 Å². The third-order valence-corrected chi connectivity index (χ3v) is 3.91. The first kappa shape index (κ1) is 11.7. The van der Waals surface area contributed by atoms with Crippen LogP contribution in [0.2, 0.25) is 0 Å². The highest BCUT2D eigenvalue weighted by Crippen LogP contribution is 2.40. The average Bonchev–Trinajstić information content (AvgIpc) is 2.28. The third-order valence-electron chi connectivity index (χ3n) is 3.91. The third kappa shape index (κ3) is 1.68. The minimum Gasteiger partial charge on any atom is -0.316 e. The number of benzene rings is 1. The Bertz CT molecular complexity index is 399. The summed E-state index contributed by atoms with van der Waals surface area (Å²) in [6.45, 7) is 0. The van der Waals surface area contributed by atoms with Gasteiger partial charge in [-0.3, -0.25) is 0 Å². The lowest BCUT2D eigenvalue weighted by molar-refractivity contribution is 0.330. The lowest BCUT2D eigenvalue weighted by Crippen LogP contribution is -2.44. The first-order chi connectivity index (χ1) is 7.40. The minimum atomic E-state index is 0. The van der Waals surface area contributed by atoms with Gasteiger partial charge in [0.05, 0.1) is 0 Å². The zero-order chi connectivity index (χ0) is 10.3. The largest absolute Gasteiger partial charge is 0.316 e. The van der Waals surface area contributed by atoms with E-state index in [-0.39, 0.29) is 12.4 Å². The summed E-state index contributed by atoms with van der Waals surface area (Å²) in [4.78, 5) is 0. The molecule has 0 saturated heterocycles. The predicted molar refractivity (Wildman–Crippen MR) is 70.2 cm³/mol. The number of rotatable bonds is 1. The summed E-state index contributed by atoms with van der Waals surface area (Å²) in [5.74, 6) is 1.39. The van der Waals surface area contributed by atoms with Crippen molar-refractivity contribution in [1.29, 1.82) is 0 Å². The van der Waals surface area contributed by atoms with Crippen LogP contribution >= 0.6 is 12.4 Å². The summed E-state index contributed by atoms with van der Waals surface area (Å²) in [6.07, 6.45) is 7.15. The van der Waals surface area contributed by atoms with Crippen molar-refractivity contribution in [2.24, 2.45) is 5.92 Å². The van der Waals surface area contributed by atoms with E-state index in [1.54, 1.807) is 11.1 Å². The molecule has 0 amide bonds. The van der Waals surface area contributed by atoms with Crippen LogP contribution in [0.3, 0.4) is 0 Å². The fourth-order valence-electron chi connectivity index (χ4n) is 3.23. The van der Waals surface area contributed by atoms with Crippen molar-refractivity contribution in [1.82, 2.24) is 5.32 Å². The van der Waals surface area contributed by atoms with Gasteiger partial charge in [0.1, 0.15) is 0 Å². The number of hydrogen-bond donors (Lipinski definition) is 1. The van der Waals surface area contributed by atoms with E-state index in [1.165, 1.54) is 12.8 Å². The van der Waals surface area contributed by atoms with Gasteiger partial charge in [-0.15, -0.1) is 12.4 Å². The SMILES string of the molecule is CNC1C2C=CCC1c1ccccc1C2.Cl. The molecule has 3 rings (SSSR count). The predicted octanol–water partition coefficient (Wildman–Crippen LogP) is 2.91. The highest BCUT2D eigenvalue weighted by molar-refractivity contribution is 5.85. The first-order valence-corrected chi connectivity index (χ1v) is 5.82. The van der Waals surface area contributed by atoms with Gasteiger partial charge in [0.2, 0.25) is 0 Å². The smallest absolute Gasteiger partial charge is 0.0202 e. The molecule has 1 N–H and O–H groups in total. The highest BCUT2D eigenvalue weighted by Gasteiger charge is 2.35. The van der Waals surface area contributed by atoms with E-state index < -0.39 is 0 Å². The first-order valence-electron chi connectivity index (χ1n) is 5.82. The molecule has 0 fully saturated rings. The molecule has 1 nitrogen and oxygen atoms in total. The van der Waals surface area contributed by atoms with Crippen molar-refractivity contribution < 1.29 is 0 Å². The van der Waals surface area contributed by atoms with Crippen molar-refractivity contribution in [2.45, 2.75) is 24.8 Å². The molecule has 0 spiro atoms. The van der Waals surface area contributed by atoms with Crippen molar-refractivity contribution >= 4 is 12.4 Å². The van der Waals surface area contributed by atoms with Crippen LogP contribution in [-0.4, -0.2) is 13.1 Å². The Morgan fingerprint density at radius 1 is 1.25 bits per heavy atom. The lowest BCUT2D eigenvalue weighted by Gasteiger charge is -2.40. The number of allylic oxidation sites excluding steroid dienone is 1. The second-order valence-electron chi connectivity index (χ2n) is 4.65. The van der Waals surface area contributed by atoms with Crippen LogP contribution in [0.5, 0.6) is 0 Å². The minimum absolute atomic E-state index is 0. The maximum absolute atomic E-state index is 3.50. The average molecular weight is 236 g/mol. The molecular weight excluding hydrogens is 218 g/mol. The Kier molecular flexibility index (Phi) is 3.36. The fourth-order valence-corrected chi connectivity index (χ4v) is 3.23. The normalized spacial score (nSPS) is 30.4. The van der Waals surface area contributed by atoms with E-state index in [0.717, 1.165) is 0 Å². The zero-order valence-corrected chi connectivity index (χ0v) is 10.3. The topological polar surface area (TPSA) is 12.0 Å². The molecule has 1 aromatic rings. The number of likely N-dealkylation sites (N-methyl/N-ethyl adjacent to an activating group) is 1. The van der Waals surface area contributed by atoms with Gasteiger partial charge < -0.3 is 5.32 Å². The molecule has 2 bridgehead atoms. The van der Waals surface area contributed by atoms with Gasteiger partial charge in [0.15, 0.2) is 0 Å². The van der Waals surface area contributed by atoms with Gasteiger partial charge in [-0.1, -0.05) is 36.4 Å². The van der Waals surface area contributed by atoms with Crippen molar-refractivity contribution in [3.05, 3.63) is 47.5 Å². The number of fused-ring (bicyclic) bond motifs is 4. The molecule has 2 aliphatic rings. The maximum Gasteiger partial charge on any atom is 0.0202 e. The van der Waals surface area contributed by atoms with E-state index >= 15 is 0 Å². The molecule has 0 heterocycles. The van der Waals surface area contributed by atoms with Gasteiger partial charge >= 0.3 is 0 Å². The van der Waals surface area contributed by atoms with Crippen LogP contribution in [0.15, 0.2) is 36.4 Å². The van der Waals surface area contributed by atoms with Crippen molar-refractivity contribution in [2.75, 3.05) is 7.05 Å². The van der Waals surface area contributed by atoms with Crippen LogP contribution < -0.4 is 5.32 Å². The maximum atomic E-state index is 3.50. The van der Waals surface area contributed by atoms with Crippen molar-refractivity contribution in [3.63, 3.8) is 0 Å². The molecule has 2 heteroatoms. The Hall–Kier alpha value is -0.790. The molecule has 86 valence electrons. The Balaban J connectivity index is 0.000000963.